The molecule has 0 aliphatic heterocycles. The van der Waals surface area contributed by atoms with E-state index in [0.29, 0.717) is 29.6 Å². The van der Waals surface area contributed by atoms with Crippen LogP contribution in [0.4, 0.5) is 0 Å². The highest BCUT2D eigenvalue weighted by Gasteiger charge is 2.13. The molecule has 0 spiro atoms. The molecule has 0 bridgehead atoms. The van der Waals surface area contributed by atoms with E-state index in [2.05, 4.69) is 14.9 Å². The maximum absolute atomic E-state index is 13.1. The highest BCUT2D eigenvalue weighted by molar-refractivity contribution is 5.94. The summed E-state index contributed by atoms with van der Waals surface area (Å²) in [4.78, 5) is 13.1. The van der Waals surface area contributed by atoms with Crippen LogP contribution in [0.1, 0.15) is 11.3 Å². The average molecular weight is 426 g/mol. The van der Waals surface area contributed by atoms with E-state index in [4.69, 9.17) is 9.47 Å². The zero-order valence-corrected chi connectivity index (χ0v) is 17.9. The Morgan fingerprint density at radius 1 is 0.812 bits per heavy atom. The molecule has 0 unspecified atom stereocenters. The number of methoxy groups -OCH3 is 2. The van der Waals surface area contributed by atoms with Gasteiger partial charge < -0.3 is 14.0 Å². The predicted molar refractivity (Wildman–Crippen MR) is 123 cm³/mol. The molecule has 0 aliphatic rings. The van der Waals surface area contributed by atoms with Crippen LogP contribution in [0.15, 0.2) is 77.7 Å². The normalized spacial score (nSPS) is 11.2. The van der Waals surface area contributed by atoms with Crippen molar-refractivity contribution in [1.29, 1.82) is 0 Å². The minimum atomic E-state index is -0.00564. The summed E-state index contributed by atoms with van der Waals surface area (Å²) in [6.07, 6.45) is 1.94. The van der Waals surface area contributed by atoms with Crippen LogP contribution < -0.4 is 14.9 Å². The fourth-order valence-electron chi connectivity index (χ4n) is 3.97. The SMILES string of the molecule is COc1ccc(Cn2cc(Cn3c4ccccc4c(=O)c4cc(OC)ccc43)nn2)cc1. The lowest BCUT2D eigenvalue weighted by molar-refractivity contribution is 0.414. The van der Waals surface area contributed by atoms with Crippen LogP contribution in [0.3, 0.4) is 0 Å². The first-order valence-corrected chi connectivity index (χ1v) is 10.3. The van der Waals surface area contributed by atoms with Gasteiger partial charge in [-0.1, -0.05) is 29.5 Å². The second-order valence-electron chi connectivity index (χ2n) is 7.57. The maximum atomic E-state index is 13.1. The molecule has 3 aromatic carbocycles. The molecule has 160 valence electrons. The van der Waals surface area contributed by atoms with Gasteiger partial charge in [-0.3, -0.25) is 4.79 Å². The lowest BCUT2D eigenvalue weighted by atomic mass is 10.1. The van der Waals surface area contributed by atoms with Crippen LogP contribution in [-0.2, 0) is 13.1 Å². The van der Waals surface area contributed by atoms with Crippen LogP contribution in [0.5, 0.6) is 11.5 Å². The van der Waals surface area contributed by atoms with E-state index >= 15 is 0 Å². The summed E-state index contributed by atoms with van der Waals surface area (Å²) >= 11 is 0. The van der Waals surface area contributed by atoms with Crippen molar-refractivity contribution < 1.29 is 9.47 Å². The van der Waals surface area contributed by atoms with Crippen molar-refractivity contribution in [3.05, 3.63) is 94.4 Å². The van der Waals surface area contributed by atoms with E-state index in [1.165, 1.54) is 0 Å². The Hall–Kier alpha value is -4.13. The fourth-order valence-corrected chi connectivity index (χ4v) is 3.97. The molecule has 0 fully saturated rings. The molecular weight excluding hydrogens is 404 g/mol. The van der Waals surface area contributed by atoms with Crippen molar-refractivity contribution in [3.8, 4) is 11.5 Å². The van der Waals surface area contributed by atoms with Crippen LogP contribution in [0.2, 0.25) is 0 Å². The number of para-hydroxylation sites is 1. The van der Waals surface area contributed by atoms with Crippen molar-refractivity contribution in [2.24, 2.45) is 0 Å². The Labute approximate surface area is 184 Å². The minimum absolute atomic E-state index is 0.00564. The van der Waals surface area contributed by atoms with Gasteiger partial charge in [0.1, 0.15) is 17.2 Å². The number of rotatable bonds is 6. The molecule has 2 aromatic heterocycles. The van der Waals surface area contributed by atoms with Crippen molar-refractivity contribution in [2.75, 3.05) is 14.2 Å². The molecule has 0 saturated heterocycles. The average Bonchev–Trinajstić information content (AvgIpc) is 3.28. The van der Waals surface area contributed by atoms with E-state index in [1.54, 1.807) is 20.3 Å². The van der Waals surface area contributed by atoms with Gasteiger partial charge in [0.25, 0.3) is 0 Å². The summed E-state index contributed by atoms with van der Waals surface area (Å²) < 4.78 is 14.5. The number of pyridine rings is 1. The van der Waals surface area contributed by atoms with Crippen LogP contribution >= 0.6 is 0 Å². The van der Waals surface area contributed by atoms with Gasteiger partial charge in [0.2, 0.25) is 0 Å². The highest BCUT2D eigenvalue weighted by atomic mass is 16.5. The van der Waals surface area contributed by atoms with Crippen molar-refractivity contribution in [2.45, 2.75) is 13.1 Å². The smallest absolute Gasteiger partial charge is 0.197 e. The summed E-state index contributed by atoms with van der Waals surface area (Å²) in [6, 6.07) is 21.1. The quantitative estimate of drug-likeness (QED) is 0.386. The molecular formula is C25H22N4O3. The lowest BCUT2D eigenvalue weighted by Gasteiger charge is -2.14. The topological polar surface area (TPSA) is 71.2 Å². The largest absolute Gasteiger partial charge is 0.497 e. The third-order valence-corrected chi connectivity index (χ3v) is 5.59. The van der Waals surface area contributed by atoms with Gasteiger partial charge >= 0.3 is 0 Å². The number of nitrogens with zero attached hydrogens (tertiary/aromatic N) is 4. The Morgan fingerprint density at radius 3 is 2.31 bits per heavy atom. The number of ether oxygens (including phenoxy) is 2. The summed E-state index contributed by atoms with van der Waals surface area (Å²) in [5, 5.41) is 9.96. The molecule has 0 radical (unpaired) electrons. The number of benzene rings is 3. The molecule has 7 heteroatoms. The van der Waals surface area contributed by atoms with E-state index in [0.717, 1.165) is 28.0 Å². The highest BCUT2D eigenvalue weighted by Crippen LogP contribution is 2.24. The first-order chi connectivity index (χ1) is 15.7. The molecule has 32 heavy (non-hydrogen) atoms. The fraction of sp³-hybridized carbons (Fsp3) is 0.160. The Balaban J connectivity index is 1.53. The van der Waals surface area contributed by atoms with Gasteiger partial charge in [0.05, 0.1) is 44.5 Å². The molecule has 0 aliphatic carbocycles. The van der Waals surface area contributed by atoms with Crippen molar-refractivity contribution in [1.82, 2.24) is 19.6 Å². The molecule has 0 amide bonds. The number of hydrogen-bond acceptors (Lipinski definition) is 5. The van der Waals surface area contributed by atoms with Gasteiger partial charge in [-0.25, -0.2) is 4.68 Å². The number of aromatic nitrogens is 4. The summed E-state index contributed by atoms with van der Waals surface area (Å²) in [5.74, 6) is 1.48. The molecule has 0 N–H and O–H groups in total. The van der Waals surface area contributed by atoms with Crippen LogP contribution in [0, 0.1) is 0 Å². The second-order valence-corrected chi connectivity index (χ2v) is 7.57. The van der Waals surface area contributed by atoms with Gasteiger partial charge in [-0.05, 0) is 48.0 Å². The molecule has 2 heterocycles. The zero-order chi connectivity index (χ0) is 22.1. The number of fused-ring (bicyclic) bond motifs is 2. The molecule has 7 nitrogen and oxygen atoms in total. The first kappa shape index (κ1) is 19.8. The summed E-state index contributed by atoms with van der Waals surface area (Å²) in [6.45, 7) is 1.10. The van der Waals surface area contributed by atoms with E-state index in [1.807, 2.05) is 71.5 Å². The Morgan fingerprint density at radius 2 is 1.53 bits per heavy atom. The van der Waals surface area contributed by atoms with Gasteiger partial charge in [0, 0.05) is 10.8 Å². The Bertz CT molecular complexity index is 1470. The molecule has 0 saturated carbocycles. The standard InChI is InChI=1S/C25H22N4O3/c1-31-19-9-7-17(8-10-19)14-28-15-18(26-27-28)16-29-23-6-4-3-5-21(23)25(30)22-13-20(32-2)11-12-24(22)29/h3-13,15H,14,16H2,1-2H3. The third kappa shape index (κ3) is 3.58. The zero-order valence-electron chi connectivity index (χ0n) is 17.9. The molecule has 5 rings (SSSR count). The van der Waals surface area contributed by atoms with Gasteiger partial charge in [0.15, 0.2) is 5.43 Å². The van der Waals surface area contributed by atoms with E-state index in [9.17, 15) is 4.79 Å². The van der Waals surface area contributed by atoms with Gasteiger partial charge in [-0.15, -0.1) is 5.10 Å². The van der Waals surface area contributed by atoms with Crippen LogP contribution in [0.25, 0.3) is 21.8 Å². The first-order valence-electron chi connectivity index (χ1n) is 10.3. The van der Waals surface area contributed by atoms with Crippen molar-refractivity contribution in [3.63, 3.8) is 0 Å². The van der Waals surface area contributed by atoms with Gasteiger partial charge in [-0.2, -0.15) is 0 Å². The predicted octanol–water partition coefficient (Wildman–Crippen LogP) is 3.86. The summed E-state index contributed by atoms with van der Waals surface area (Å²) in [5.41, 5.74) is 3.60. The monoisotopic (exact) mass is 426 g/mol. The van der Waals surface area contributed by atoms with E-state index < -0.39 is 0 Å². The minimum Gasteiger partial charge on any atom is -0.497 e. The summed E-state index contributed by atoms with van der Waals surface area (Å²) in [7, 11) is 3.25. The maximum Gasteiger partial charge on any atom is 0.197 e. The Kier molecular flexibility index (Phi) is 5.07. The number of hydrogen-bond donors (Lipinski definition) is 0. The van der Waals surface area contributed by atoms with Crippen LogP contribution in [-0.4, -0.2) is 33.8 Å². The van der Waals surface area contributed by atoms with Crippen molar-refractivity contribution >= 4 is 21.8 Å². The molecule has 5 aromatic rings. The van der Waals surface area contributed by atoms with E-state index in [-0.39, 0.29) is 5.43 Å². The lowest BCUT2D eigenvalue weighted by Crippen LogP contribution is -2.12. The molecule has 0 atom stereocenters. The third-order valence-electron chi connectivity index (χ3n) is 5.59. The second kappa shape index (κ2) is 8.19.